The molecule has 1 aromatic heterocycles. The van der Waals surface area contributed by atoms with Crippen molar-refractivity contribution in [1.82, 2.24) is 4.90 Å². The van der Waals surface area contributed by atoms with Crippen LogP contribution in [0.3, 0.4) is 0 Å². The largest absolute Gasteiger partial charge is 0.466 e. The van der Waals surface area contributed by atoms with Gasteiger partial charge in [-0.05, 0) is 52.5 Å². The number of hydrogen-bond acceptors (Lipinski definition) is 3. The third kappa shape index (κ3) is 1.90. The molecular weight excluding hydrogens is 224 g/mol. The van der Waals surface area contributed by atoms with E-state index in [4.69, 9.17) is 10.2 Å². The van der Waals surface area contributed by atoms with Crippen molar-refractivity contribution in [2.24, 2.45) is 5.73 Å². The van der Waals surface area contributed by atoms with E-state index in [1.165, 1.54) is 18.4 Å². The average Bonchev–Trinajstić information content (AvgIpc) is 2.76. The van der Waals surface area contributed by atoms with E-state index in [9.17, 15) is 0 Å². The predicted octanol–water partition coefficient (Wildman–Crippen LogP) is 2.91. The van der Waals surface area contributed by atoms with Crippen molar-refractivity contribution in [3.05, 3.63) is 23.2 Å². The molecule has 0 saturated carbocycles. The van der Waals surface area contributed by atoms with Crippen molar-refractivity contribution in [3.8, 4) is 0 Å². The first kappa shape index (κ1) is 12.2. The van der Waals surface area contributed by atoms with Gasteiger partial charge in [-0.3, -0.25) is 4.90 Å². The van der Waals surface area contributed by atoms with Gasteiger partial charge in [-0.2, -0.15) is 0 Å². The standard InChI is InChI=1S/C15H24N2O/c1-9-6-15(11(3)18-9)10(2)17-13-4-5-14(17)8-12(16)7-13/h6,10,12-14H,4-5,7-8,16H2,1-3H3. The van der Waals surface area contributed by atoms with Crippen molar-refractivity contribution in [2.75, 3.05) is 0 Å². The summed E-state index contributed by atoms with van der Waals surface area (Å²) in [5.41, 5.74) is 7.51. The smallest absolute Gasteiger partial charge is 0.105 e. The van der Waals surface area contributed by atoms with Gasteiger partial charge < -0.3 is 10.2 Å². The van der Waals surface area contributed by atoms with Crippen LogP contribution in [0, 0.1) is 13.8 Å². The first-order valence-electron chi connectivity index (χ1n) is 7.16. The average molecular weight is 248 g/mol. The van der Waals surface area contributed by atoms with Crippen LogP contribution in [0.4, 0.5) is 0 Å². The Morgan fingerprint density at radius 3 is 2.39 bits per heavy atom. The third-order valence-corrected chi connectivity index (χ3v) is 4.80. The Balaban J connectivity index is 1.85. The number of aryl methyl sites for hydroxylation is 2. The third-order valence-electron chi connectivity index (χ3n) is 4.80. The molecule has 18 heavy (non-hydrogen) atoms. The Bertz CT molecular complexity index is 426. The zero-order valence-electron chi connectivity index (χ0n) is 11.6. The molecule has 2 aliphatic rings. The van der Waals surface area contributed by atoms with Crippen molar-refractivity contribution >= 4 is 0 Å². The van der Waals surface area contributed by atoms with E-state index < -0.39 is 0 Å². The molecule has 0 radical (unpaired) electrons. The molecule has 0 aromatic carbocycles. The minimum absolute atomic E-state index is 0.415. The van der Waals surface area contributed by atoms with E-state index in [0.717, 1.165) is 24.4 Å². The maximum atomic E-state index is 6.15. The number of nitrogens with two attached hydrogens (primary N) is 1. The molecule has 2 saturated heterocycles. The van der Waals surface area contributed by atoms with Crippen LogP contribution in [-0.2, 0) is 0 Å². The minimum Gasteiger partial charge on any atom is -0.466 e. The lowest BCUT2D eigenvalue weighted by atomic mass is 9.94. The first-order valence-corrected chi connectivity index (χ1v) is 7.16. The molecule has 3 heteroatoms. The number of rotatable bonds is 2. The highest BCUT2D eigenvalue weighted by Gasteiger charge is 2.42. The Morgan fingerprint density at radius 1 is 1.28 bits per heavy atom. The fraction of sp³-hybridized carbons (Fsp3) is 0.733. The zero-order chi connectivity index (χ0) is 12.9. The van der Waals surface area contributed by atoms with Crippen molar-refractivity contribution < 1.29 is 4.42 Å². The van der Waals surface area contributed by atoms with Gasteiger partial charge in [0.2, 0.25) is 0 Å². The molecule has 3 unspecified atom stereocenters. The van der Waals surface area contributed by atoms with Gasteiger partial charge in [0.25, 0.3) is 0 Å². The molecule has 3 rings (SSSR count). The minimum atomic E-state index is 0.415. The van der Waals surface area contributed by atoms with Crippen LogP contribution in [0.25, 0.3) is 0 Å². The van der Waals surface area contributed by atoms with Crippen molar-refractivity contribution in [1.29, 1.82) is 0 Å². The van der Waals surface area contributed by atoms with Crippen LogP contribution >= 0.6 is 0 Å². The van der Waals surface area contributed by atoms with Crippen LogP contribution in [-0.4, -0.2) is 23.0 Å². The Kier molecular flexibility index (Phi) is 2.99. The summed E-state index contributed by atoms with van der Waals surface area (Å²) in [7, 11) is 0. The highest BCUT2D eigenvalue weighted by Crippen LogP contribution is 2.41. The molecule has 3 heterocycles. The SMILES string of the molecule is Cc1cc(C(C)N2C3CCC2CC(N)C3)c(C)o1. The number of fused-ring (bicyclic) bond motifs is 2. The van der Waals surface area contributed by atoms with Crippen LogP contribution in [0.1, 0.15) is 55.7 Å². The second kappa shape index (κ2) is 4.39. The summed E-state index contributed by atoms with van der Waals surface area (Å²) in [6.07, 6.45) is 4.96. The number of nitrogens with zero attached hydrogens (tertiary/aromatic N) is 1. The van der Waals surface area contributed by atoms with Crippen LogP contribution in [0.15, 0.2) is 10.5 Å². The van der Waals surface area contributed by atoms with Gasteiger partial charge in [0.05, 0.1) is 0 Å². The molecule has 0 spiro atoms. The molecule has 1 aromatic rings. The lowest BCUT2D eigenvalue weighted by Crippen LogP contribution is -2.48. The summed E-state index contributed by atoms with van der Waals surface area (Å²) in [6, 6.07) is 4.45. The summed E-state index contributed by atoms with van der Waals surface area (Å²) in [4.78, 5) is 2.70. The molecule has 100 valence electrons. The Hall–Kier alpha value is -0.800. The number of furan rings is 1. The van der Waals surface area contributed by atoms with Gasteiger partial charge in [0, 0.05) is 29.7 Å². The van der Waals surface area contributed by atoms with Gasteiger partial charge in [0.1, 0.15) is 11.5 Å². The summed E-state index contributed by atoms with van der Waals surface area (Å²) in [6.45, 7) is 6.43. The molecule has 3 nitrogen and oxygen atoms in total. The zero-order valence-corrected chi connectivity index (χ0v) is 11.6. The van der Waals surface area contributed by atoms with Crippen molar-refractivity contribution in [3.63, 3.8) is 0 Å². The number of piperidine rings is 1. The van der Waals surface area contributed by atoms with E-state index in [0.29, 0.717) is 24.2 Å². The second-order valence-corrected chi connectivity index (χ2v) is 6.11. The normalized spacial score (nSPS) is 33.9. The summed E-state index contributed by atoms with van der Waals surface area (Å²) >= 11 is 0. The Morgan fingerprint density at radius 2 is 1.89 bits per heavy atom. The quantitative estimate of drug-likeness (QED) is 0.875. The van der Waals surface area contributed by atoms with E-state index in [1.807, 2.05) is 6.92 Å². The maximum absolute atomic E-state index is 6.15. The van der Waals surface area contributed by atoms with Crippen LogP contribution in [0.5, 0.6) is 0 Å². The number of hydrogen-bond donors (Lipinski definition) is 1. The van der Waals surface area contributed by atoms with Crippen LogP contribution in [0.2, 0.25) is 0 Å². The fourth-order valence-electron chi connectivity index (χ4n) is 4.11. The highest BCUT2D eigenvalue weighted by atomic mass is 16.3. The molecule has 2 aliphatic heterocycles. The molecule has 2 fully saturated rings. The molecular formula is C15H24N2O. The lowest BCUT2D eigenvalue weighted by molar-refractivity contribution is 0.0847. The molecule has 2 N–H and O–H groups in total. The topological polar surface area (TPSA) is 42.4 Å². The van der Waals surface area contributed by atoms with E-state index in [-0.39, 0.29) is 0 Å². The van der Waals surface area contributed by atoms with E-state index in [2.05, 4.69) is 24.8 Å². The van der Waals surface area contributed by atoms with Gasteiger partial charge >= 0.3 is 0 Å². The van der Waals surface area contributed by atoms with E-state index >= 15 is 0 Å². The molecule has 2 bridgehead atoms. The van der Waals surface area contributed by atoms with Gasteiger partial charge in [0.15, 0.2) is 0 Å². The second-order valence-electron chi connectivity index (χ2n) is 6.11. The highest BCUT2D eigenvalue weighted by molar-refractivity contribution is 5.24. The monoisotopic (exact) mass is 248 g/mol. The molecule has 0 amide bonds. The summed E-state index contributed by atoms with van der Waals surface area (Å²) in [5, 5.41) is 0. The van der Waals surface area contributed by atoms with Gasteiger partial charge in [-0.1, -0.05) is 0 Å². The van der Waals surface area contributed by atoms with E-state index in [1.54, 1.807) is 0 Å². The molecule has 0 aliphatic carbocycles. The van der Waals surface area contributed by atoms with Crippen LogP contribution < -0.4 is 5.73 Å². The lowest BCUT2D eigenvalue weighted by Gasteiger charge is -2.41. The van der Waals surface area contributed by atoms with Gasteiger partial charge in [-0.15, -0.1) is 0 Å². The molecule has 3 atom stereocenters. The first-order chi connectivity index (χ1) is 8.56. The fourth-order valence-corrected chi connectivity index (χ4v) is 4.11. The summed E-state index contributed by atoms with van der Waals surface area (Å²) in [5.74, 6) is 2.10. The van der Waals surface area contributed by atoms with Crippen molar-refractivity contribution in [2.45, 2.75) is 70.6 Å². The summed E-state index contributed by atoms with van der Waals surface area (Å²) < 4.78 is 5.69. The van der Waals surface area contributed by atoms with Gasteiger partial charge in [-0.25, -0.2) is 0 Å². The predicted molar refractivity (Wildman–Crippen MR) is 72.5 cm³/mol. The maximum Gasteiger partial charge on any atom is 0.105 e. The Labute approximate surface area is 109 Å².